The fourth-order valence-corrected chi connectivity index (χ4v) is 3.06. The summed E-state index contributed by atoms with van der Waals surface area (Å²) in [6.07, 6.45) is 3.67. The summed E-state index contributed by atoms with van der Waals surface area (Å²) in [5.41, 5.74) is 1.70. The van der Waals surface area contributed by atoms with Crippen molar-refractivity contribution in [3.05, 3.63) is 65.5 Å². The summed E-state index contributed by atoms with van der Waals surface area (Å²) >= 11 is 0. The Morgan fingerprint density at radius 2 is 1.83 bits per heavy atom. The lowest BCUT2D eigenvalue weighted by atomic mass is 9.93. The zero-order valence-corrected chi connectivity index (χ0v) is 13.7. The van der Waals surface area contributed by atoms with Crippen molar-refractivity contribution in [1.82, 2.24) is 5.32 Å². The highest BCUT2D eigenvalue weighted by Crippen LogP contribution is 2.20. The predicted molar refractivity (Wildman–Crippen MR) is 92.3 cm³/mol. The molecule has 128 valence electrons. The molecule has 0 amide bonds. The Morgan fingerprint density at radius 1 is 1.04 bits per heavy atom. The molecule has 1 saturated carbocycles. The van der Waals surface area contributed by atoms with E-state index in [4.69, 9.17) is 4.74 Å². The zero-order chi connectivity index (χ0) is 16.8. The van der Waals surface area contributed by atoms with Gasteiger partial charge in [-0.3, -0.25) is 0 Å². The van der Waals surface area contributed by atoms with Gasteiger partial charge in [-0.1, -0.05) is 30.3 Å². The van der Waals surface area contributed by atoms with Crippen molar-refractivity contribution < 1.29 is 14.2 Å². The van der Waals surface area contributed by atoms with Gasteiger partial charge in [-0.15, -0.1) is 0 Å². The van der Waals surface area contributed by atoms with Gasteiger partial charge in [0.05, 0.1) is 6.10 Å². The average Bonchev–Trinajstić information content (AvgIpc) is 2.61. The molecule has 3 rings (SSSR count). The van der Waals surface area contributed by atoms with Crippen LogP contribution in [0.15, 0.2) is 48.5 Å². The topological polar surface area (TPSA) is 41.5 Å². The Balaban J connectivity index is 1.51. The van der Waals surface area contributed by atoms with E-state index in [1.54, 1.807) is 12.1 Å². The van der Waals surface area contributed by atoms with Gasteiger partial charge in [-0.2, -0.15) is 0 Å². The third-order valence-electron chi connectivity index (χ3n) is 4.54. The van der Waals surface area contributed by atoms with E-state index in [-0.39, 0.29) is 18.5 Å². The molecule has 3 nitrogen and oxygen atoms in total. The van der Waals surface area contributed by atoms with Crippen molar-refractivity contribution in [1.29, 1.82) is 0 Å². The Labute approximate surface area is 142 Å². The molecule has 0 aromatic heterocycles. The monoisotopic (exact) mass is 329 g/mol. The van der Waals surface area contributed by atoms with Crippen molar-refractivity contribution in [2.45, 2.75) is 51.0 Å². The number of ether oxygens (including phenoxy) is 1. The lowest BCUT2D eigenvalue weighted by molar-refractivity contribution is 0.116. The largest absolute Gasteiger partial charge is 0.489 e. The van der Waals surface area contributed by atoms with Gasteiger partial charge in [-0.25, -0.2) is 4.39 Å². The number of aliphatic hydroxyl groups excluding tert-OH is 1. The smallest absolute Gasteiger partial charge is 0.129 e. The molecule has 0 heterocycles. The molecule has 24 heavy (non-hydrogen) atoms. The van der Waals surface area contributed by atoms with E-state index >= 15 is 0 Å². The number of hydrogen-bond donors (Lipinski definition) is 2. The maximum Gasteiger partial charge on any atom is 0.129 e. The van der Waals surface area contributed by atoms with Crippen LogP contribution < -0.4 is 10.1 Å². The van der Waals surface area contributed by atoms with Gasteiger partial charge in [0.15, 0.2) is 0 Å². The third-order valence-corrected chi connectivity index (χ3v) is 4.54. The maximum atomic E-state index is 13.6. The Bertz CT molecular complexity index is 654. The predicted octanol–water partition coefficient (Wildman–Crippen LogP) is 3.80. The summed E-state index contributed by atoms with van der Waals surface area (Å²) in [5.74, 6) is 0.506. The van der Waals surface area contributed by atoms with Gasteiger partial charge in [-0.05, 0) is 49.4 Å². The van der Waals surface area contributed by atoms with Gasteiger partial charge in [0, 0.05) is 18.2 Å². The molecular formula is C20H24FNO2. The summed E-state index contributed by atoms with van der Waals surface area (Å²) in [6, 6.07) is 15.0. The van der Waals surface area contributed by atoms with Gasteiger partial charge in [0.25, 0.3) is 0 Å². The van der Waals surface area contributed by atoms with Crippen molar-refractivity contribution in [3.8, 4) is 5.75 Å². The first kappa shape index (κ1) is 16.9. The Morgan fingerprint density at radius 3 is 2.62 bits per heavy atom. The van der Waals surface area contributed by atoms with Crippen LogP contribution in [-0.4, -0.2) is 17.3 Å². The lowest BCUT2D eigenvalue weighted by Gasteiger charge is -2.26. The van der Waals surface area contributed by atoms with Crippen molar-refractivity contribution >= 4 is 0 Å². The van der Waals surface area contributed by atoms with Crippen LogP contribution in [0, 0.1) is 5.82 Å². The van der Waals surface area contributed by atoms with E-state index in [1.165, 1.54) is 6.07 Å². The first-order valence-electron chi connectivity index (χ1n) is 8.57. The molecule has 2 aromatic rings. The van der Waals surface area contributed by atoms with Gasteiger partial charge < -0.3 is 15.2 Å². The van der Waals surface area contributed by atoms with E-state index in [1.807, 2.05) is 24.3 Å². The van der Waals surface area contributed by atoms with Crippen molar-refractivity contribution in [2.24, 2.45) is 0 Å². The third kappa shape index (κ3) is 4.79. The van der Waals surface area contributed by atoms with Crippen LogP contribution in [-0.2, 0) is 13.2 Å². The minimum atomic E-state index is -0.241. The number of aliphatic hydroxyl groups is 1. The van der Waals surface area contributed by atoms with Crippen molar-refractivity contribution in [2.75, 3.05) is 0 Å². The number of halogens is 1. The second kappa shape index (κ2) is 8.27. The second-order valence-electron chi connectivity index (χ2n) is 6.41. The highest BCUT2D eigenvalue weighted by atomic mass is 19.1. The number of rotatable bonds is 6. The van der Waals surface area contributed by atoms with Gasteiger partial charge in [0.2, 0.25) is 0 Å². The highest BCUT2D eigenvalue weighted by Gasteiger charge is 2.18. The lowest BCUT2D eigenvalue weighted by Crippen LogP contribution is -2.34. The van der Waals surface area contributed by atoms with Crippen LogP contribution in [0.3, 0.4) is 0 Å². The molecule has 1 aliphatic rings. The fraction of sp³-hybridized carbons (Fsp3) is 0.400. The van der Waals surface area contributed by atoms with E-state index in [2.05, 4.69) is 11.4 Å². The minimum absolute atomic E-state index is 0.127. The number of nitrogens with one attached hydrogen (secondary N) is 1. The number of hydrogen-bond acceptors (Lipinski definition) is 3. The molecule has 0 aliphatic heterocycles. The normalized spacial score (nSPS) is 20.8. The molecular weight excluding hydrogens is 305 g/mol. The molecule has 0 spiro atoms. The Hall–Kier alpha value is -1.91. The van der Waals surface area contributed by atoms with Gasteiger partial charge in [0.1, 0.15) is 18.2 Å². The summed E-state index contributed by atoms with van der Waals surface area (Å²) in [6.45, 7) is 1.00. The van der Waals surface area contributed by atoms with Crippen LogP contribution in [0.2, 0.25) is 0 Å². The van der Waals surface area contributed by atoms with Crippen molar-refractivity contribution in [3.63, 3.8) is 0 Å². The molecule has 0 bridgehead atoms. The van der Waals surface area contributed by atoms with E-state index in [0.717, 1.165) is 43.5 Å². The summed E-state index contributed by atoms with van der Waals surface area (Å²) in [4.78, 5) is 0. The van der Waals surface area contributed by atoms with E-state index in [0.29, 0.717) is 11.6 Å². The van der Waals surface area contributed by atoms with Gasteiger partial charge >= 0.3 is 0 Å². The molecule has 1 fully saturated rings. The van der Waals surface area contributed by atoms with E-state index in [9.17, 15) is 9.50 Å². The first-order valence-corrected chi connectivity index (χ1v) is 8.57. The summed E-state index contributed by atoms with van der Waals surface area (Å²) < 4.78 is 19.3. The maximum absolute atomic E-state index is 13.6. The molecule has 0 radical (unpaired) electrons. The summed E-state index contributed by atoms with van der Waals surface area (Å²) in [7, 11) is 0. The quantitative estimate of drug-likeness (QED) is 0.847. The molecule has 0 saturated heterocycles. The molecule has 2 N–H and O–H groups in total. The van der Waals surface area contributed by atoms with Crippen LogP contribution in [0.1, 0.15) is 36.8 Å². The van der Waals surface area contributed by atoms with Crippen LogP contribution in [0.5, 0.6) is 5.75 Å². The number of benzene rings is 2. The molecule has 1 aliphatic carbocycles. The van der Waals surface area contributed by atoms with Crippen LogP contribution >= 0.6 is 0 Å². The highest BCUT2D eigenvalue weighted by molar-refractivity contribution is 5.29. The second-order valence-corrected chi connectivity index (χ2v) is 6.41. The SMILES string of the molecule is OC1CCC(NCc2cccc(OCc3ccccc3F)c2)CC1. The van der Waals surface area contributed by atoms with Crippen LogP contribution in [0.4, 0.5) is 4.39 Å². The fourth-order valence-electron chi connectivity index (χ4n) is 3.06. The molecule has 4 heteroatoms. The first-order chi connectivity index (χ1) is 11.7. The molecule has 0 atom stereocenters. The molecule has 2 aromatic carbocycles. The summed E-state index contributed by atoms with van der Waals surface area (Å²) in [5, 5.41) is 13.1. The minimum Gasteiger partial charge on any atom is -0.489 e. The average molecular weight is 329 g/mol. The van der Waals surface area contributed by atoms with E-state index < -0.39 is 0 Å². The van der Waals surface area contributed by atoms with Crippen LogP contribution in [0.25, 0.3) is 0 Å². The standard InChI is InChI=1S/C20H24FNO2/c21-20-7-2-1-5-16(20)14-24-19-6-3-4-15(12-19)13-22-17-8-10-18(23)11-9-17/h1-7,12,17-18,22-23H,8-11,13-14H2. The Kier molecular flexibility index (Phi) is 5.83. The molecule has 0 unspecified atom stereocenters. The zero-order valence-electron chi connectivity index (χ0n) is 13.7.